The van der Waals surface area contributed by atoms with Gasteiger partial charge in [-0.15, -0.1) is 0 Å². The van der Waals surface area contributed by atoms with E-state index in [1.165, 1.54) is 20.9 Å². The first-order valence-corrected chi connectivity index (χ1v) is 12.7. The summed E-state index contributed by atoms with van der Waals surface area (Å²) in [4.78, 5) is 87.0. The van der Waals surface area contributed by atoms with Gasteiger partial charge in [0.15, 0.2) is 5.96 Å². The van der Waals surface area contributed by atoms with Gasteiger partial charge in [0.05, 0.1) is 6.10 Å². The number of ketones is 1. The number of nitrogens with zero attached hydrogens (tertiary/aromatic N) is 1. The van der Waals surface area contributed by atoms with Crippen LogP contribution in [-0.2, 0) is 28.8 Å². The minimum atomic E-state index is -1.63. The highest BCUT2D eigenvalue weighted by Gasteiger charge is 2.44. The Kier molecular flexibility index (Phi) is 12.9. The first kappa shape index (κ1) is 34.5. The lowest BCUT2D eigenvalue weighted by Gasteiger charge is -2.34. The van der Waals surface area contributed by atoms with Crippen molar-refractivity contribution in [1.29, 1.82) is 5.41 Å². The lowest BCUT2D eigenvalue weighted by atomic mass is 10.00. The van der Waals surface area contributed by atoms with Crippen LogP contribution in [0.25, 0.3) is 0 Å². The minimum Gasteiger partial charge on any atom is -0.465 e. The number of β-amino-alcohol motifs (C(OH)–C–C–N with tert-alkyl or cyclic N) is 1. The maximum absolute atomic E-state index is 13.3. The van der Waals surface area contributed by atoms with Gasteiger partial charge in [-0.05, 0) is 33.1 Å². The maximum atomic E-state index is 13.3. The number of aliphatic hydroxyl groups is 1. The Morgan fingerprint density at radius 1 is 1.02 bits per heavy atom. The lowest BCUT2D eigenvalue weighted by molar-refractivity contribution is -0.144. The van der Waals surface area contributed by atoms with Gasteiger partial charge in [0.2, 0.25) is 29.4 Å². The molecule has 0 aliphatic carbocycles. The fraction of sp³-hybridized carbons (Fsp3) is 0.652. The number of Topliss-reactive ketones (excluding diaryl/α,β-unsaturated/α-hetero) is 1. The van der Waals surface area contributed by atoms with Crippen LogP contribution < -0.4 is 38.1 Å². The third kappa shape index (κ3) is 10.9. The Morgan fingerprint density at radius 3 is 2.17 bits per heavy atom. The average Bonchev–Trinajstić information content (AvgIpc) is 3.27. The van der Waals surface area contributed by atoms with Gasteiger partial charge < -0.3 is 53.2 Å². The molecule has 0 bridgehead atoms. The fourth-order valence-corrected chi connectivity index (χ4v) is 4.13. The van der Waals surface area contributed by atoms with Gasteiger partial charge >= 0.3 is 6.09 Å². The van der Waals surface area contributed by atoms with E-state index in [2.05, 4.69) is 21.3 Å². The van der Waals surface area contributed by atoms with Crippen molar-refractivity contribution in [2.24, 2.45) is 11.5 Å². The standard InChI is InChI=1S/C23H39N9O9/c1-23(2,20(39)32-10-11(33)9-14(32)16(24)35)31-18(37)12(5-4-8-28-21(25)26)29-17(36)13(30-22(40)41)6-7-15(34)19(38)27-3/h11-14,30,33H,4-10H2,1-3H3,(H2,24,35)(H,27,38)(H,29,36)(H,31,37)(H,40,41)(H4,25,26,28)/t11-,12?,13?,14+/m1/s1. The van der Waals surface area contributed by atoms with E-state index in [-0.39, 0.29) is 44.7 Å². The fourth-order valence-electron chi connectivity index (χ4n) is 4.13. The van der Waals surface area contributed by atoms with Crippen LogP contribution in [0, 0.1) is 5.41 Å². The molecule has 1 saturated heterocycles. The van der Waals surface area contributed by atoms with E-state index in [1.807, 2.05) is 5.32 Å². The molecule has 230 valence electrons. The molecule has 1 aliphatic heterocycles. The van der Waals surface area contributed by atoms with E-state index in [1.54, 1.807) is 0 Å². The predicted molar refractivity (Wildman–Crippen MR) is 142 cm³/mol. The van der Waals surface area contributed by atoms with Gasteiger partial charge in [0, 0.05) is 33.0 Å². The molecule has 18 heteroatoms. The molecule has 4 atom stereocenters. The number of amides is 6. The second kappa shape index (κ2) is 15.3. The van der Waals surface area contributed by atoms with Crippen LogP contribution in [0.4, 0.5) is 4.79 Å². The summed E-state index contributed by atoms with van der Waals surface area (Å²) in [6.07, 6.45) is -3.35. The molecule has 2 unspecified atom stereocenters. The summed E-state index contributed by atoms with van der Waals surface area (Å²) in [5.41, 5.74) is 8.98. The van der Waals surface area contributed by atoms with Gasteiger partial charge in [-0.25, -0.2) is 4.79 Å². The molecule has 0 saturated carbocycles. The number of hydrogen-bond donors (Lipinski definition) is 10. The number of aliphatic hydroxyl groups excluding tert-OH is 1. The van der Waals surface area contributed by atoms with E-state index in [9.17, 15) is 38.7 Å². The summed E-state index contributed by atoms with van der Waals surface area (Å²) < 4.78 is 0. The van der Waals surface area contributed by atoms with Gasteiger partial charge in [0.1, 0.15) is 23.7 Å². The molecule has 0 aromatic carbocycles. The molecule has 41 heavy (non-hydrogen) atoms. The Morgan fingerprint density at radius 2 is 1.63 bits per heavy atom. The monoisotopic (exact) mass is 585 g/mol. The smallest absolute Gasteiger partial charge is 0.405 e. The van der Waals surface area contributed by atoms with Gasteiger partial charge in [-0.3, -0.25) is 34.2 Å². The predicted octanol–water partition coefficient (Wildman–Crippen LogP) is -4.19. The summed E-state index contributed by atoms with van der Waals surface area (Å²) in [6.45, 7) is 2.66. The first-order valence-electron chi connectivity index (χ1n) is 12.7. The number of hydrogen-bond acceptors (Lipinski definition) is 9. The van der Waals surface area contributed by atoms with Crippen molar-refractivity contribution in [1.82, 2.24) is 31.5 Å². The normalized spacial score (nSPS) is 17.9. The number of likely N-dealkylation sites (tertiary alicyclic amines) is 1. The first-order chi connectivity index (χ1) is 19.0. The highest BCUT2D eigenvalue weighted by molar-refractivity contribution is 6.36. The van der Waals surface area contributed by atoms with Crippen molar-refractivity contribution >= 4 is 47.4 Å². The third-order valence-electron chi connectivity index (χ3n) is 6.21. The summed E-state index contributed by atoms with van der Waals surface area (Å²) in [5.74, 6) is -5.50. The van der Waals surface area contributed by atoms with Crippen LogP contribution in [0.5, 0.6) is 0 Å². The van der Waals surface area contributed by atoms with E-state index >= 15 is 0 Å². The lowest BCUT2D eigenvalue weighted by Crippen LogP contribution is -2.62. The van der Waals surface area contributed by atoms with Crippen molar-refractivity contribution < 1.29 is 43.8 Å². The number of likely N-dealkylation sites (N-methyl/N-ethyl adjacent to an activating group) is 1. The van der Waals surface area contributed by atoms with E-state index in [4.69, 9.17) is 22.0 Å². The zero-order chi connectivity index (χ0) is 31.5. The van der Waals surface area contributed by atoms with Crippen molar-refractivity contribution in [3.63, 3.8) is 0 Å². The molecule has 0 radical (unpaired) electrons. The summed E-state index contributed by atoms with van der Waals surface area (Å²) in [5, 5.41) is 37.8. The Labute approximate surface area is 235 Å². The molecular formula is C23H39N9O9. The number of nitrogens with one attached hydrogen (secondary N) is 6. The minimum absolute atomic E-state index is 0.0502. The zero-order valence-electron chi connectivity index (χ0n) is 23.1. The Bertz CT molecular complexity index is 1050. The van der Waals surface area contributed by atoms with Gasteiger partial charge in [0.25, 0.3) is 5.91 Å². The van der Waals surface area contributed by atoms with Crippen LogP contribution >= 0.6 is 0 Å². The van der Waals surface area contributed by atoms with Gasteiger partial charge in [-0.1, -0.05) is 0 Å². The van der Waals surface area contributed by atoms with Crippen molar-refractivity contribution in [3.8, 4) is 0 Å². The van der Waals surface area contributed by atoms with Crippen LogP contribution in [0.15, 0.2) is 0 Å². The number of carboxylic acid groups (broad SMARTS) is 1. The zero-order valence-corrected chi connectivity index (χ0v) is 23.1. The van der Waals surface area contributed by atoms with E-state index in [0.717, 1.165) is 4.90 Å². The molecule has 1 heterocycles. The third-order valence-corrected chi connectivity index (χ3v) is 6.21. The second-order valence-electron chi connectivity index (χ2n) is 9.97. The quantitative estimate of drug-likeness (QED) is 0.0380. The van der Waals surface area contributed by atoms with E-state index < -0.39 is 77.6 Å². The Hall–Kier alpha value is -4.48. The summed E-state index contributed by atoms with van der Waals surface area (Å²) >= 11 is 0. The number of guanidine groups is 1. The molecule has 1 fully saturated rings. The number of rotatable bonds is 15. The molecule has 18 nitrogen and oxygen atoms in total. The number of carbonyl (C=O) groups excluding carboxylic acids is 6. The van der Waals surface area contributed by atoms with Crippen LogP contribution in [0.2, 0.25) is 0 Å². The van der Waals surface area contributed by atoms with Gasteiger partial charge in [-0.2, -0.15) is 0 Å². The molecule has 1 aliphatic rings. The number of nitrogens with two attached hydrogens (primary N) is 2. The van der Waals surface area contributed by atoms with Crippen LogP contribution in [0.1, 0.15) is 46.0 Å². The van der Waals surface area contributed by atoms with Crippen LogP contribution in [0.3, 0.4) is 0 Å². The van der Waals surface area contributed by atoms with Crippen molar-refractivity contribution in [3.05, 3.63) is 0 Å². The van der Waals surface area contributed by atoms with Crippen molar-refractivity contribution in [2.75, 3.05) is 20.1 Å². The summed E-state index contributed by atoms with van der Waals surface area (Å²) in [7, 11) is 1.23. The maximum Gasteiger partial charge on any atom is 0.405 e. The highest BCUT2D eigenvalue weighted by Crippen LogP contribution is 2.22. The summed E-state index contributed by atoms with van der Waals surface area (Å²) in [6, 6.07) is -3.92. The molecule has 1 rings (SSSR count). The topological polar surface area (TPSA) is 299 Å². The molecule has 12 N–H and O–H groups in total. The largest absolute Gasteiger partial charge is 0.465 e. The number of carbonyl (C=O) groups is 7. The SMILES string of the molecule is CNC(=O)C(=O)CCC(NC(=O)O)C(=O)NC(CCCNC(=N)N)C(=O)NC(C)(C)C(=O)N1C[C@H](O)C[C@H]1C(N)=O. The highest BCUT2D eigenvalue weighted by atomic mass is 16.4. The molecule has 0 aromatic heterocycles. The second-order valence-corrected chi connectivity index (χ2v) is 9.97. The average molecular weight is 586 g/mol. The molecule has 0 spiro atoms. The van der Waals surface area contributed by atoms with Crippen LogP contribution in [-0.4, -0.2) is 112 Å². The molecule has 6 amide bonds. The molecule has 0 aromatic rings. The Balaban J connectivity index is 3.10. The number of primary amides is 1. The molecular weight excluding hydrogens is 546 g/mol. The van der Waals surface area contributed by atoms with Crippen molar-refractivity contribution in [2.45, 2.75) is 75.7 Å². The van der Waals surface area contributed by atoms with E-state index in [0.29, 0.717) is 0 Å².